The van der Waals surface area contributed by atoms with Gasteiger partial charge in [-0.25, -0.2) is 9.97 Å². The van der Waals surface area contributed by atoms with E-state index >= 15 is 0 Å². The number of hydrogen-bond acceptors (Lipinski definition) is 2. The predicted octanol–water partition coefficient (Wildman–Crippen LogP) is 1.24. The molecule has 0 N–H and O–H groups in total. The molecular weight excluding hydrogens is 156 g/mol. The van der Waals surface area contributed by atoms with Gasteiger partial charge in [-0.05, 0) is 22.0 Å². The Kier molecular flexibility index (Phi) is 0.641. The first-order chi connectivity index (χ1) is 4.61. The minimum Gasteiger partial charge on any atom is -0.245 e. The highest BCUT2D eigenvalue weighted by Crippen LogP contribution is 1.98. The highest BCUT2D eigenvalue weighted by Gasteiger charge is 1.76. The van der Waals surface area contributed by atoms with Crippen molar-refractivity contribution >= 4 is 15.9 Å². The number of rotatable bonds is 0. The molecular formula is C4H3BrN2. The van der Waals surface area contributed by atoms with Crippen LogP contribution in [0.25, 0.3) is 0 Å². The van der Waals surface area contributed by atoms with E-state index in [0.717, 1.165) is 0 Å². The van der Waals surface area contributed by atoms with Crippen molar-refractivity contribution in [3.63, 3.8) is 0 Å². The molecule has 0 aromatic carbocycles. The topological polar surface area (TPSA) is 25.8 Å². The van der Waals surface area contributed by atoms with Gasteiger partial charge in [0, 0.05) is 6.17 Å². The Hall–Kier alpha value is -0.440. The molecule has 1 rings (SSSR count). The maximum atomic E-state index is 7.10. The zero-order valence-electron chi connectivity index (χ0n) is 6.27. The van der Waals surface area contributed by atoms with E-state index in [-0.39, 0.29) is 23.1 Å². The zero-order valence-corrected chi connectivity index (χ0v) is 4.86. The second-order valence-electron chi connectivity index (χ2n) is 0.851. The normalized spacial score (nSPS) is 14.7. The average Bonchev–Trinajstić information content (AvgIpc) is 1.82. The van der Waals surface area contributed by atoms with Crippen LogP contribution in [0.4, 0.5) is 0 Å². The molecule has 0 aliphatic carbocycles. The van der Waals surface area contributed by atoms with Gasteiger partial charge in [-0.3, -0.25) is 0 Å². The fraction of sp³-hybridized carbons (Fsp3) is 0. The van der Waals surface area contributed by atoms with Crippen LogP contribution in [-0.2, 0) is 0 Å². The van der Waals surface area contributed by atoms with Gasteiger partial charge in [-0.2, -0.15) is 0 Å². The Bertz CT molecular complexity index is 242. The molecule has 0 aliphatic rings. The molecule has 0 amide bonds. The lowest BCUT2D eigenvalue weighted by molar-refractivity contribution is 1.14. The third kappa shape index (κ3) is 1.23. The highest BCUT2D eigenvalue weighted by atomic mass is 79.9. The molecule has 0 atom stereocenters. The van der Waals surface area contributed by atoms with Gasteiger partial charge in [-0.1, -0.05) is 0 Å². The maximum Gasteiger partial charge on any atom is 0.116 e. The SMILES string of the molecule is [2H]c1nc([2H])c([2H])c(Br)n1. The van der Waals surface area contributed by atoms with Gasteiger partial charge in [0.25, 0.3) is 0 Å². The van der Waals surface area contributed by atoms with Crippen molar-refractivity contribution in [2.75, 3.05) is 0 Å². The maximum absolute atomic E-state index is 7.10. The highest BCUT2D eigenvalue weighted by molar-refractivity contribution is 9.10. The fourth-order valence-corrected chi connectivity index (χ4v) is 0.364. The van der Waals surface area contributed by atoms with Gasteiger partial charge in [-0.15, -0.1) is 0 Å². The summed E-state index contributed by atoms with van der Waals surface area (Å²) in [6, 6.07) is -0.0870. The first kappa shape index (κ1) is 2.22. The Labute approximate surface area is 54.0 Å². The molecule has 1 heterocycles. The van der Waals surface area contributed by atoms with Gasteiger partial charge >= 0.3 is 0 Å². The summed E-state index contributed by atoms with van der Waals surface area (Å²) in [7, 11) is 0. The van der Waals surface area contributed by atoms with Gasteiger partial charge in [0.05, 0.1) is 2.74 Å². The second-order valence-corrected chi connectivity index (χ2v) is 1.60. The van der Waals surface area contributed by atoms with Crippen molar-refractivity contribution in [2.24, 2.45) is 0 Å². The minimum atomic E-state index is -0.243. The number of halogens is 1. The van der Waals surface area contributed by atoms with E-state index in [2.05, 4.69) is 25.9 Å². The van der Waals surface area contributed by atoms with Crippen LogP contribution in [0.1, 0.15) is 4.11 Å². The number of hydrogen-bond donors (Lipinski definition) is 0. The summed E-state index contributed by atoms with van der Waals surface area (Å²) >= 11 is 2.92. The molecule has 1 aromatic rings. The van der Waals surface area contributed by atoms with E-state index in [1.165, 1.54) is 0 Å². The van der Waals surface area contributed by atoms with Gasteiger partial charge in [0.15, 0.2) is 0 Å². The van der Waals surface area contributed by atoms with Gasteiger partial charge in [0.1, 0.15) is 12.3 Å². The van der Waals surface area contributed by atoms with Gasteiger partial charge < -0.3 is 0 Å². The van der Waals surface area contributed by atoms with Crippen LogP contribution in [0, 0.1) is 0 Å². The Morgan fingerprint density at radius 2 is 2.71 bits per heavy atom. The van der Waals surface area contributed by atoms with Gasteiger partial charge in [0.2, 0.25) is 0 Å². The molecule has 36 valence electrons. The summed E-state index contributed by atoms with van der Waals surface area (Å²) in [4.78, 5) is 6.84. The quantitative estimate of drug-likeness (QED) is 0.536. The minimum absolute atomic E-state index is 0.0870. The van der Waals surface area contributed by atoms with Crippen LogP contribution < -0.4 is 0 Å². The summed E-state index contributed by atoms with van der Waals surface area (Å²) in [5.74, 6) is 0. The zero-order chi connectivity index (χ0) is 7.72. The van der Waals surface area contributed by atoms with E-state index in [1.54, 1.807) is 0 Å². The molecule has 0 spiro atoms. The smallest absolute Gasteiger partial charge is 0.116 e. The Morgan fingerprint density at radius 1 is 1.86 bits per heavy atom. The van der Waals surface area contributed by atoms with Crippen LogP contribution in [0.2, 0.25) is 0 Å². The molecule has 3 heteroatoms. The molecule has 0 aliphatic heterocycles. The summed E-state index contributed by atoms with van der Waals surface area (Å²) in [6.07, 6.45) is -0.472. The van der Waals surface area contributed by atoms with E-state index in [4.69, 9.17) is 4.11 Å². The standard InChI is InChI=1S/C4H3BrN2/c5-4-1-2-6-3-7-4/h1-3H/i1D,2D,3D. The average molecular weight is 162 g/mol. The molecule has 0 radical (unpaired) electrons. The molecule has 0 fully saturated rings. The molecule has 7 heavy (non-hydrogen) atoms. The molecule has 2 nitrogen and oxygen atoms in total. The van der Waals surface area contributed by atoms with Crippen molar-refractivity contribution in [3.05, 3.63) is 23.1 Å². The molecule has 0 saturated heterocycles. The van der Waals surface area contributed by atoms with Crippen molar-refractivity contribution in [3.8, 4) is 0 Å². The first-order valence-electron chi connectivity index (χ1n) is 3.08. The number of aromatic nitrogens is 2. The molecule has 1 aromatic heterocycles. The summed E-state index contributed by atoms with van der Waals surface area (Å²) in [5.41, 5.74) is 0. The van der Waals surface area contributed by atoms with Crippen LogP contribution >= 0.6 is 15.9 Å². The first-order valence-corrected chi connectivity index (χ1v) is 2.38. The fourth-order valence-electron chi connectivity index (χ4n) is 0.196. The monoisotopic (exact) mass is 161 g/mol. The van der Waals surface area contributed by atoms with E-state index in [9.17, 15) is 0 Å². The third-order valence-electron chi connectivity index (χ3n) is 0.413. The summed E-state index contributed by atoms with van der Waals surface area (Å²) in [6.45, 7) is 0. The lowest BCUT2D eigenvalue weighted by atomic mass is 10.7. The van der Waals surface area contributed by atoms with E-state index in [0.29, 0.717) is 0 Å². The van der Waals surface area contributed by atoms with Crippen LogP contribution in [-0.4, -0.2) is 9.97 Å². The van der Waals surface area contributed by atoms with Crippen molar-refractivity contribution in [1.29, 1.82) is 0 Å². The third-order valence-corrected chi connectivity index (χ3v) is 0.789. The second kappa shape index (κ2) is 2.02. The molecule has 0 bridgehead atoms. The Balaban J connectivity index is 3.31. The lowest BCUT2D eigenvalue weighted by Crippen LogP contribution is -1.72. The number of nitrogens with zero attached hydrogens (tertiary/aromatic N) is 2. The van der Waals surface area contributed by atoms with Crippen LogP contribution in [0.15, 0.2) is 23.1 Å². The lowest BCUT2D eigenvalue weighted by Gasteiger charge is -1.79. The van der Waals surface area contributed by atoms with Crippen LogP contribution in [0.3, 0.4) is 0 Å². The van der Waals surface area contributed by atoms with Crippen molar-refractivity contribution < 1.29 is 4.11 Å². The van der Waals surface area contributed by atoms with E-state index in [1.807, 2.05) is 0 Å². The van der Waals surface area contributed by atoms with Crippen LogP contribution in [0.5, 0.6) is 0 Å². The molecule has 0 saturated carbocycles. The largest absolute Gasteiger partial charge is 0.245 e. The summed E-state index contributed by atoms with van der Waals surface area (Å²) in [5, 5.41) is 0. The predicted molar refractivity (Wildman–Crippen MR) is 29.7 cm³/mol. The van der Waals surface area contributed by atoms with Crippen molar-refractivity contribution in [1.82, 2.24) is 9.97 Å². The van der Waals surface area contributed by atoms with Crippen molar-refractivity contribution in [2.45, 2.75) is 0 Å². The summed E-state index contributed by atoms with van der Waals surface area (Å²) < 4.78 is 21.2. The molecule has 0 unspecified atom stereocenters. The Morgan fingerprint density at radius 3 is 3.43 bits per heavy atom. The van der Waals surface area contributed by atoms with E-state index < -0.39 is 0 Å².